The van der Waals surface area contributed by atoms with Gasteiger partial charge in [-0.05, 0) is 36.5 Å². The molecule has 0 bridgehead atoms. The summed E-state index contributed by atoms with van der Waals surface area (Å²) in [5, 5.41) is 8.78. The first-order chi connectivity index (χ1) is 10.2. The number of hydrogen-bond donors (Lipinski definition) is 0. The van der Waals surface area contributed by atoms with Crippen molar-refractivity contribution >= 4 is 0 Å². The summed E-state index contributed by atoms with van der Waals surface area (Å²) in [5.74, 6) is 0.239. The molecule has 0 aliphatic carbocycles. The molecule has 0 aromatic heterocycles. The van der Waals surface area contributed by atoms with Gasteiger partial charge in [0.25, 0.3) is 0 Å². The number of unbranched alkanes of at least 4 members (excludes halogenated alkanes) is 3. The monoisotopic (exact) mass is 289 g/mol. The van der Waals surface area contributed by atoms with Gasteiger partial charge >= 0.3 is 0 Å². The fourth-order valence-corrected chi connectivity index (χ4v) is 3.04. The molecule has 0 spiro atoms. The van der Waals surface area contributed by atoms with Gasteiger partial charge in [-0.3, -0.25) is 0 Å². The van der Waals surface area contributed by atoms with Crippen LogP contribution in [0.5, 0.6) is 0 Å². The maximum atomic E-state index is 13.7. The van der Waals surface area contributed by atoms with Crippen LogP contribution in [-0.2, 0) is 4.74 Å². The molecule has 1 aromatic carbocycles. The Morgan fingerprint density at radius 2 is 2.19 bits per heavy atom. The topological polar surface area (TPSA) is 33.0 Å². The molecule has 0 radical (unpaired) electrons. The number of rotatable bonds is 6. The summed E-state index contributed by atoms with van der Waals surface area (Å²) in [6.45, 7) is 2.98. The van der Waals surface area contributed by atoms with Crippen molar-refractivity contribution in [3.63, 3.8) is 0 Å². The zero-order chi connectivity index (χ0) is 15.1. The van der Waals surface area contributed by atoms with Crippen LogP contribution in [0, 0.1) is 23.1 Å². The Morgan fingerprint density at radius 3 is 2.90 bits per heavy atom. The molecule has 1 heterocycles. The maximum absolute atomic E-state index is 13.7. The van der Waals surface area contributed by atoms with Crippen LogP contribution in [0.25, 0.3) is 0 Å². The van der Waals surface area contributed by atoms with Gasteiger partial charge in [0.1, 0.15) is 11.9 Å². The summed E-state index contributed by atoms with van der Waals surface area (Å²) in [7, 11) is 0. The van der Waals surface area contributed by atoms with Crippen LogP contribution in [0.2, 0.25) is 0 Å². The first-order valence-corrected chi connectivity index (χ1v) is 8.05. The van der Waals surface area contributed by atoms with Crippen LogP contribution in [-0.4, -0.2) is 6.61 Å². The summed E-state index contributed by atoms with van der Waals surface area (Å²) in [4.78, 5) is 0. The molecule has 3 heteroatoms. The number of nitrogens with zero attached hydrogens (tertiary/aromatic N) is 1. The lowest BCUT2D eigenvalue weighted by Gasteiger charge is -2.30. The molecule has 0 amide bonds. The third-order valence-corrected chi connectivity index (χ3v) is 4.34. The summed E-state index contributed by atoms with van der Waals surface area (Å²) >= 11 is 0. The van der Waals surface area contributed by atoms with Crippen molar-refractivity contribution in [1.29, 1.82) is 5.26 Å². The summed E-state index contributed by atoms with van der Waals surface area (Å²) in [5.41, 5.74) is 0.968. The molecular formula is C18H24FNO. The number of halogens is 1. The first-order valence-electron chi connectivity index (χ1n) is 8.05. The zero-order valence-electron chi connectivity index (χ0n) is 12.8. The highest BCUT2D eigenvalue weighted by Gasteiger charge is 2.24. The second-order valence-electron chi connectivity index (χ2n) is 5.95. The second-order valence-corrected chi connectivity index (χ2v) is 5.95. The van der Waals surface area contributed by atoms with E-state index in [9.17, 15) is 4.39 Å². The summed E-state index contributed by atoms with van der Waals surface area (Å²) in [6, 6.07) is 6.70. The van der Waals surface area contributed by atoms with E-state index < -0.39 is 5.82 Å². The fraction of sp³-hybridized carbons (Fsp3) is 0.611. The van der Waals surface area contributed by atoms with Gasteiger partial charge in [0.2, 0.25) is 0 Å². The van der Waals surface area contributed by atoms with Crippen LogP contribution in [0.3, 0.4) is 0 Å². The van der Waals surface area contributed by atoms with E-state index in [4.69, 9.17) is 10.00 Å². The van der Waals surface area contributed by atoms with E-state index in [2.05, 4.69) is 6.92 Å². The fourth-order valence-electron chi connectivity index (χ4n) is 3.04. The van der Waals surface area contributed by atoms with Crippen molar-refractivity contribution in [3.05, 3.63) is 35.1 Å². The Balaban J connectivity index is 1.91. The molecule has 2 rings (SSSR count). The molecule has 0 saturated carbocycles. The summed E-state index contributed by atoms with van der Waals surface area (Å²) in [6.07, 6.45) is 8.49. The van der Waals surface area contributed by atoms with Gasteiger partial charge in [0.15, 0.2) is 0 Å². The smallest absolute Gasteiger partial charge is 0.141 e. The van der Waals surface area contributed by atoms with E-state index in [0.29, 0.717) is 5.92 Å². The normalized spacial score (nSPS) is 22.0. The average molecular weight is 289 g/mol. The van der Waals surface area contributed by atoms with Gasteiger partial charge < -0.3 is 4.74 Å². The van der Waals surface area contributed by atoms with Crippen molar-refractivity contribution in [2.75, 3.05) is 6.61 Å². The molecule has 1 aliphatic rings. The predicted octanol–water partition coefficient (Wildman–Crippen LogP) is 5.14. The largest absolute Gasteiger partial charge is 0.374 e. The highest BCUT2D eigenvalue weighted by Crippen LogP contribution is 2.34. The SMILES string of the molecule is CCCCCCC1CCOC(c2ccc(C#N)c(F)c2)C1. The standard InChI is InChI=1S/C18H24FNO/c1-2-3-4-5-6-14-9-10-21-18(11-14)15-7-8-16(13-20)17(19)12-15/h7-8,12,14,18H,2-6,9-11H2,1H3. The predicted molar refractivity (Wildman–Crippen MR) is 81.3 cm³/mol. The number of ether oxygens (including phenoxy) is 1. The van der Waals surface area contributed by atoms with Gasteiger partial charge in [-0.1, -0.05) is 45.1 Å². The lowest BCUT2D eigenvalue weighted by Crippen LogP contribution is -2.20. The Labute approximate surface area is 126 Å². The van der Waals surface area contributed by atoms with Crippen molar-refractivity contribution in [3.8, 4) is 6.07 Å². The Morgan fingerprint density at radius 1 is 1.33 bits per heavy atom. The molecule has 1 aliphatic heterocycles. The van der Waals surface area contributed by atoms with Gasteiger partial charge in [-0.15, -0.1) is 0 Å². The van der Waals surface area contributed by atoms with E-state index in [1.807, 2.05) is 12.1 Å². The third-order valence-electron chi connectivity index (χ3n) is 4.34. The molecule has 114 valence electrons. The first kappa shape index (κ1) is 16.0. The van der Waals surface area contributed by atoms with Crippen molar-refractivity contribution in [2.24, 2.45) is 5.92 Å². The lowest BCUT2D eigenvalue weighted by atomic mass is 9.87. The lowest BCUT2D eigenvalue weighted by molar-refractivity contribution is -0.0126. The van der Waals surface area contributed by atoms with Gasteiger partial charge in [0.05, 0.1) is 11.7 Å². The quantitative estimate of drug-likeness (QED) is 0.680. The molecule has 2 atom stereocenters. The maximum Gasteiger partial charge on any atom is 0.141 e. The van der Waals surface area contributed by atoms with Gasteiger partial charge in [-0.2, -0.15) is 5.26 Å². The highest BCUT2D eigenvalue weighted by atomic mass is 19.1. The van der Waals surface area contributed by atoms with Gasteiger partial charge in [-0.25, -0.2) is 4.39 Å². The molecular weight excluding hydrogens is 265 g/mol. The van der Waals surface area contributed by atoms with Gasteiger partial charge in [0, 0.05) is 6.61 Å². The minimum absolute atomic E-state index is 0.0165. The minimum atomic E-state index is -0.441. The average Bonchev–Trinajstić information content (AvgIpc) is 2.52. The van der Waals surface area contributed by atoms with Crippen LogP contribution >= 0.6 is 0 Å². The molecule has 21 heavy (non-hydrogen) atoms. The van der Waals surface area contributed by atoms with Crippen molar-refractivity contribution < 1.29 is 9.13 Å². The minimum Gasteiger partial charge on any atom is -0.374 e. The van der Waals surface area contributed by atoms with Crippen LogP contribution in [0.4, 0.5) is 4.39 Å². The van der Waals surface area contributed by atoms with Crippen LogP contribution in [0.1, 0.15) is 69.1 Å². The van der Waals surface area contributed by atoms with Crippen molar-refractivity contribution in [2.45, 2.75) is 58.0 Å². The van der Waals surface area contributed by atoms with Crippen LogP contribution < -0.4 is 0 Å². The molecule has 1 aromatic rings. The zero-order valence-corrected chi connectivity index (χ0v) is 12.8. The third kappa shape index (κ3) is 4.54. The van der Waals surface area contributed by atoms with Crippen LogP contribution in [0.15, 0.2) is 18.2 Å². The molecule has 2 nitrogen and oxygen atoms in total. The van der Waals surface area contributed by atoms with E-state index in [1.165, 1.54) is 38.2 Å². The summed E-state index contributed by atoms with van der Waals surface area (Å²) < 4.78 is 19.5. The number of nitriles is 1. The molecule has 1 saturated heterocycles. The number of hydrogen-bond acceptors (Lipinski definition) is 2. The number of benzene rings is 1. The molecule has 1 fully saturated rings. The molecule has 2 unspecified atom stereocenters. The Bertz CT molecular complexity index is 494. The van der Waals surface area contributed by atoms with E-state index in [1.54, 1.807) is 6.07 Å². The van der Waals surface area contributed by atoms with E-state index in [0.717, 1.165) is 25.0 Å². The van der Waals surface area contributed by atoms with E-state index in [-0.39, 0.29) is 11.7 Å². The van der Waals surface area contributed by atoms with Crippen molar-refractivity contribution in [1.82, 2.24) is 0 Å². The Hall–Kier alpha value is -1.40. The highest BCUT2D eigenvalue weighted by molar-refractivity contribution is 5.34. The van der Waals surface area contributed by atoms with E-state index >= 15 is 0 Å². The molecule has 0 N–H and O–H groups in total. The Kier molecular flexibility index (Phi) is 6.20. The second kappa shape index (κ2) is 8.14.